The van der Waals surface area contributed by atoms with Crippen molar-refractivity contribution in [1.82, 2.24) is 0 Å². The maximum Gasteiger partial charge on any atom is 0.250 e. The van der Waals surface area contributed by atoms with Crippen molar-refractivity contribution in [1.29, 1.82) is 0 Å². The highest BCUT2D eigenvalue weighted by Crippen LogP contribution is 2.22. The highest BCUT2D eigenvalue weighted by Gasteiger charge is 2.08. The van der Waals surface area contributed by atoms with Crippen LogP contribution in [0.3, 0.4) is 0 Å². The van der Waals surface area contributed by atoms with Gasteiger partial charge in [-0.2, -0.15) is 0 Å². The standard InChI is InChI=1S/C21H20N2O3/c1-15-6-4-9-17(12-15)22-20(24)13-26-14-21(25)23-19-11-5-8-16-7-2-3-10-18(16)19/h2-12H,13-14H2,1H3,(H,22,24)(H,23,25). The average molecular weight is 348 g/mol. The molecule has 0 unspecified atom stereocenters. The lowest BCUT2D eigenvalue weighted by Gasteiger charge is -2.09. The van der Waals surface area contributed by atoms with Gasteiger partial charge in [-0.25, -0.2) is 0 Å². The first-order chi connectivity index (χ1) is 12.6. The second-order valence-electron chi connectivity index (χ2n) is 5.99. The minimum atomic E-state index is -0.301. The van der Waals surface area contributed by atoms with E-state index in [9.17, 15) is 9.59 Å². The van der Waals surface area contributed by atoms with E-state index in [1.54, 1.807) is 6.07 Å². The molecule has 0 saturated heterocycles. The number of carbonyl (C=O) groups excluding carboxylic acids is 2. The maximum absolute atomic E-state index is 12.1. The van der Waals surface area contributed by atoms with Crippen LogP contribution in [0.15, 0.2) is 66.7 Å². The molecule has 3 aromatic rings. The molecular weight excluding hydrogens is 328 g/mol. The molecule has 0 aliphatic carbocycles. The van der Waals surface area contributed by atoms with Gasteiger partial charge in [0.25, 0.3) is 0 Å². The third-order valence-corrected chi connectivity index (χ3v) is 3.83. The number of hydrogen-bond acceptors (Lipinski definition) is 3. The molecule has 2 amide bonds. The molecule has 0 fully saturated rings. The predicted molar refractivity (Wildman–Crippen MR) is 103 cm³/mol. The van der Waals surface area contributed by atoms with E-state index < -0.39 is 0 Å². The molecule has 0 heterocycles. The van der Waals surface area contributed by atoms with Crippen molar-refractivity contribution in [2.75, 3.05) is 23.8 Å². The molecule has 0 aliphatic rings. The minimum absolute atomic E-state index is 0.184. The number of anilines is 2. The third-order valence-electron chi connectivity index (χ3n) is 3.83. The van der Waals surface area contributed by atoms with E-state index in [2.05, 4.69) is 10.6 Å². The van der Waals surface area contributed by atoms with Crippen LogP contribution in [-0.2, 0) is 14.3 Å². The lowest BCUT2D eigenvalue weighted by atomic mass is 10.1. The summed E-state index contributed by atoms with van der Waals surface area (Å²) in [5, 5.41) is 7.56. The van der Waals surface area contributed by atoms with Gasteiger partial charge in [-0.15, -0.1) is 0 Å². The summed E-state index contributed by atoms with van der Waals surface area (Å²) < 4.78 is 5.22. The van der Waals surface area contributed by atoms with Crippen LogP contribution in [0.4, 0.5) is 11.4 Å². The first-order valence-electron chi connectivity index (χ1n) is 8.34. The first-order valence-corrected chi connectivity index (χ1v) is 8.34. The second kappa shape index (κ2) is 8.27. The van der Waals surface area contributed by atoms with E-state index in [-0.39, 0.29) is 25.0 Å². The minimum Gasteiger partial charge on any atom is -0.362 e. The monoisotopic (exact) mass is 348 g/mol. The van der Waals surface area contributed by atoms with E-state index in [1.165, 1.54) is 0 Å². The third kappa shape index (κ3) is 4.68. The fraction of sp³-hybridized carbons (Fsp3) is 0.143. The number of ether oxygens (including phenoxy) is 1. The molecule has 132 valence electrons. The number of fused-ring (bicyclic) bond motifs is 1. The Balaban J connectivity index is 1.49. The van der Waals surface area contributed by atoms with Crippen molar-refractivity contribution in [2.45, 2.75) is 6.92 Å². The normalized spacial score (nSPS) is 10.5. The Morgan fingerprint density at radius 1 is 0.846 bits per heavy atom. The van der Waals surface area contributed by atoms with Crippen LogP contribution >= 0.6 is 0 Å². The van der Waals surface area contributed by atoms with Crippen LogP contribution in [0, 0.1) is 6.92 Å². The smallest absolute Gasteiger partial charge is 0.250 e. The molecule has 0 atom stereocenters. The number of nitrogens with one attached hydrogen (secondary N) is 2. The Kier molecular flexibility index (Phi) is 5.61. The Bertz CT molecular complexity index is 932. The highest BCUT2D eigenvalue weighted by molar-refractivity contribution is 6.02. The quantitative estimate of drug-likeness (QED) is 0.713. The summed E-state index contributed by atoms with van der Waals surface area (Å²) in [6, 6.07) is 21.0. The molecular formula is C21H20N2O3. The van der Waals surface area contributed by atoms with Gasteiger partial charge in [-0.05, 0) is 36.1 Å². The molecule has 5 nitrogen and oxygen atoms in total. The summed E-state index contributed by atoms with van der Waals surface area (Å²) >= 11 is 0. The van der Waals surface area contributed by atoms with Gasteiger partial charge in [0.1, 0.15) is 13.2 Å². The Labute approximate surface area is 152 Å². The van der Waals surface area contributed by atoms with Gasteiger partial charge in [0, 0.05) is 16.8 Å². The van der Waals surface area contributed by atoms with Gasteiger partial charge < -0.3 is 15.4 Å². The van der Waals surface area contributed by atoms with Crippen LogP contribution in [-0.4, -0.2) is 25.0 Å². The molecule has 0 aliphatic heterocycles. The number of benzene rings is 3. The van der Waals surface area contributed by atoms with Crippen molar-refractivity contribution in [2.24, 2.45) is 0 Å². The van der Waals surface area contributed by atoms with Gasteiger partial charge in [0.15, 0.2) is 0 Å². The van der Waals surface area contributed by atoms with E-state index in [0.29, 0.717) is 5.69 Å². The van der Waals surface area contributed by atoms with Crippen molar-refractivity contribution in [3.63, 3.8) is 0 Å². The van der Waals surface area contributed by atoms with Crippen LogP contribution in [0.2, 0.25) is 0 Å². The molecule has 0 spiro atoms. The zero-order chi connectivity index (χ0) is 18.4. The number of rotatable bonds is 6. The zero-order valence-electron chi connectivity index (χ0n) is 14.5. The first kappa shape index (κ1) is 17.6. The number of aryl methyl sites for hydroxylation is 1. The predicted octanol–water partition coefficient (Wildman–Crippen LogP) is 3.74. The summed E-state index contributed by atoms with van der Waals surface area (Å²) in [5.41, 5.74) is 2.48. The Morgan fingerprint density at radius 3 is 2.35 bits per heavy atom. The van der Waals surface area contributed by atoms with Crippen molar-refractivity contribution in [3.05, 3.63) is 72.3 Å². The van der Waals surface area contributed by atoms with Crippen LogP contribution in [0.5, 0.6) is 0 Å². The largest absolute Gasteiger partial charge is 0.362 e. The average Bonchev–Trinajstić information content (AvgIpc) is 2.62. The maximum atomic E-state index is 12.1. The van der Waals surface area contributed by atoms with E-state index in [0.717, 1.165) is 22.0 Å². The van der Waals surface area contributed by atoms with Crippen molar-refractivity contribution >= 4 is 34.0 Å². The van der Waals surface area contributed by atoms with Gasteiger partial charge in [0.05, 0.1) is 0 Å². The number of amides is 2. The fourth-order valence-corrected chi connectivity index (χ4v) is 2.68. The van der Waals surface area contributed by atoms with E-state index in [1.807, 2.05) is 67.6 Å². The molecule has 3 rings (SSSR count). The summed E-state index contributed by atoms with van der Waals surface area (Å²) in [6.45, 7) is 1.57. The van der Waals surface area contributed by atoms with Gasteiger partial charge in [-0.1, -0.05) is 48.5 Å². The van der Waals surface area contributed by atoms with Gasteiger partial charge >= 0.3 is 0 Å². The van der Waals surface area contributed by atoms with Crippen LogP contribution in [0.1, 0.15) is 5.56 Å². The Hall–Kier alpha value is -3.18. The molecule has 0 aromatic heterocycles. The summed E-state index contributed by atoms with van der Waals surface area (Å²) in [7, 11) is 0. The van der Waals surface area contributed by atoms with Crippen molar-refractivity contribution in [3.8, 4) is 0 Å². The van der Waals surface area contributed by atoms with Crippen molar-refractivity contribution < 1.29 is 14.3 Å². The molecule has 3 aromatic carbocycles. The summed E-state index contributed by atoms with van der Waals surface area (Å²) in [4.78, 5) is 23.9. The lowest BCUT2D eigenvalue weighted by Crippen LogP contribution is -2.24. The van der Waals surface area contributed by atoms with Crippen LogP contribution < -0.4 is 10.6 Å². The van der Waals surface area contributed by atoms with Gasteiger partial charge in [0.2, 0.25) is 11.8 Å². The summed E-state index contributed by atoms with van der Waals surface area (Å²) in [5.74, 6) is -0.599. The van der Waals surface area contributed by atoms with Gasteiger partial charge in [-0.3, -0.25) is 9.59 Å². The molecule has 26 heavy (non-hydrogen) atoms. The topological polar surface area (TPSA) is 67.4 Å². The van der Waals surface area contributed by atoms with Crippen LogP contribution in [0.25, 0.3) is 10.8 Å². The molecule has 5 heteroatoms. The second-order valence-corrected chi connectivity index (χ2v) is 5.99. The molecule has 0 bridgehead atoms. The zero-order valence-corrected chi connectivity index (χ0v) is 14.5. The number of hydrogen-bond donors (Lipinski definition) is 2. The Morgan fingerprint density at radius 2 is 1.54 bits per heavy atom. The summed E-state index contributed by atoms with van der Waals surface area (Å²) in [6.07, 6.45) is 0. The SMILES string of the molecule is Cc1cccc(NC(=O)COCC(=O)Nc2cccc3ccccc23)c1. The van der Waals surface area contributed by atoms with E-state index in [4.69, 9.17) is 4.74 Å². The molecule has 2 N–H and O–H groups in total. The molecule has 0 saturated carbocycles. The highest BCUT2D eigenvalue weighted by atomic mass is 16.5. The molecule has 0 radical (unpaired) electrons. The van der Waals surface area contributed by atoms with E-state index >= 15 is 0 Å². The lowest BCUT2D eigenvalue weighted by molar-refractivity contribution is -0.125. The fourth-order valence-electron chi connectivity index (χ4n) is 2.68. The number of carbonyl (C=O) groups is 2.